The van der Waals surface area contributed by atoms with Crippen molar-refractivity contribution >= 4 is 0 Å². The Hall–Kier alpha value is -0.820. The maximum absolute atomic E-state index is 5.68. The van der Waals surface area contributed by atoms with E-state index in [-0.39, 0.29) is 0 Å². The third kappa shape index (κ3) is 1.86. The number of hydrogen-bond acceptors (Lipinski definition) is 1. The number of nitrogens with two attached hydrogens (primary N) is 1. The van der Waals surface area contributed by atoms with E-state index in [1.807, 2.05) is 0 Å². The molecule has 1 aromatic carbocycles. The lowest BCUT2D eigenvalue weighted by molar-refractivity contribution is 0.670. The van der Waals surface area contributed by atoms with E-state index < -0.39 is 0 Å². The first-order valence-electron chi connectivity index (χ1n) is 4.55. The Kier molecular flexibility index (Phi) is 3.30. The number of hydrogen-bond donors (Lipinski definition) is 1. The van der Waals surface area contributed by atoms with Gasteiger partial charge in [0.25, 0.3) is 0 Å². The summed E-state index contributed by atoms with van der Waals surface area (Å²) in [6, 6.07) is 8.48. The molecule has 0 saturated carbocycles. The van der Waals surface area contributed by atoms with Crippen LogP contribution in [0.25, 0.3) is 0 Å². The van der Waals surface area contributed by atoms with E-state index in [2.05, 4.69) is 38.1 Å². The zero-order chi connectivity index (χ0) is 8.97. The molecule has 0 unspecified atom stereocenters. The second-order valence-electron chi connectivity index (χ2n) is 3.20. The minimum absolute atomic E-state index is 0.534. The molecule has 0 aliphatic carbocycles. The Morgan fingerprint density at radius 3 is 2.50 bits per heavy atom. The van der Waals surface area contributed by atoms with Crippen molar-refractivity contribution in [3.63, 3.8) is 0 Å². The molecule has 0 spiro atoms. The van der Waals surface area contributed by atoms with Crippen LogP contribution in [0.1, 0.15) is 30.4 Å². The first kappa shape index (κ1) is 9.27. The van der Waals surface area contributed by atoms with Crippen molar-refractivity contribution in [1.82, 2.24) is 0 Å². The number of rotatable bonds is 3. The highest BCUT2D eigenvalue weighted by Crippen LogP contribution is 2.21. The molecule has 66 valence electrons. The van der Waals surface area contributed by atoms with Gasteiger partial charge in [-0.15, -0.1) is 0 Å². The van der Waals surface area contributed by atoms with Crippen LogP contribution in [0.15, 0.2) is 24.3 Å². The van der Waals surface area contributed by atoms with Crippen LogP contribution in [0.5, 0.6) is 0 Å². The highest BCUT2D eigenvalue weighted by molar-refractivity contribution is 5.29. The second kappa shape index (κ2) is 4.27. The van der Waals surface area contributed by atoms with Crippen molar-refractivity contribution in [2.45, 2.75) is 26.2 Å². The molecule has 0 fully saturated rings. The molecule has 2 N–H and O–H groups in total. The van der Waals surface area contributed by atoms with Gasteiger partial charge in [-0.05, 0) is 36.9 Å². The molecule has 0 saturated heterocycles. The Morgan fingerprint density at radius 1 is 1.33 bits per heavy atom. The lowest BCUT2D eigenvalue weighted by Gasteiger charge is -2.14. The van der Waals surface area contributed by atoms with Crippen LogP contribution in [0.3, 0.4) is 0 Å². The maximum Gasteiger partial charge on any atom is -0.000824 e. The molecular weight excluding hydrogens is 146 g/mol. The molecule has 1 rings (SSSR count). The molecule has 1 heteroatoms. The fourth-order valence-corrected chi connectivity index (χ4v) is 1.56. The Morgan fingerprint density at radius 2 is 2.00 bits per heavy atom. The van der Waals surface area contributed by atoms with E-state index in [1.54, 1.807) is 0 Å². The Balaban J connectivity index is 2.92. The highest BCUT2D eigenvalue weighted by Gasteiger charge is 2.08. The van der Waals surface area contributed by atoms with Gasteiger partial charge in [-0.3, -0.25) is 0 Å². The number of benzene rings is 1. The van der Waals surface area contributed by atoms with Gasteiger partial charge in [0.05, 0.1) is 0 Å². The number of aryl methyl sites for hydroxylation is 1. The summed E-state index contributed by atoms with van der Waals surface area (Å²) in [5, 5.41) is 0. The fourth-order valence-electron chi connectivity index (χ4n) is 1.56. The summed E-state index contributed by atoms with van der Waals surface area (Å²) in [5.41, 5.74) is 8.45. The summed E-state index contributed by atoms with van der Waals surface area (Å²) in [6.45, 7) is 5.08. The van der Waals surface area contributed by atoms with E-state index >= 15 is 0 Å². The predicted octanol–water partition coefficient (Wildman–Crippen LogP) is 2.45. The lowest BCUT2D eigenvalue weighted by Crippen LogP contribution is -2.12. The maximum atomic E-state index is 5.68. The molecule has 0 amide bonds. The molecule has 1 nitrogen and oxygen atoms in total. The molecule has 12 heavy (non-hydrogen) atoms. The molecule has 0 aliphatic heterocycles. The van der Waals surface area contributed by atoms with Crippen LogP contribution in [0.2, 0.25) is 0 Å². The van der Waals surface area contributed by atoms with Crippen LogP contribution < -0.4 is 5.73 Å². The minimum Gasteiger partial charge on any atom is -0.330 e. The fraction of sp³-hybridized carbons (Fsp3) is 0.455. The summed E-state index contributed by atoms with van der Waals surface area (Å²) in [7, 11) is 0. The lowest BCUT2D eigenvalue weighted by atomic mass is 9.93. The molecule has 0 heterocycles. The van der Waals surface area contributed by atoms with Gasteiger partial charge in [0.2, 0.25) is 0 Å². The molecular formula is C11H17N. The Labute approximate surface area is 74.6 Å². The van der Waals surface area contributed by atoms with E-state index in [9.17, 15) is 0 Å². The van der Waals surface area contributed by atoms with Crippen molar-refractivity contribution in [2.24, 2.45) is 5.73 Å². The quantitative estimate of drug-likeness (QED) is 0.727. The zero-order valence-electron chi connectivity index (χ0n) is 7.88. The van der Waals surface area contributed by atoms with Crippen LogP contribution in [-0.2, 0) is 0 Å². The topological polar surface area (TPSA) is 26.0 Å². The monoisotopic (exact) mass is 163 g/mol. The van der Waals surface area contributed by atoms with Crippen molar-refractivity contribution in [2.75, 3.05) is 6.54 Å². The molecule has 0 bridgehead atoms. The predicted molar refractivity (Wildman–Crippen MR) is 53.3 cm³/mol. The van der Waals surface area contributed by atoms with Crippen LogP contribution in [-0.4, -0.2) is 6.54 Å². The van der Waals surface area contributed by atoms with E-state index in [0.717, 1.165) is 13.0 Å². The van der Waals surface area contributed by atoms with Crippen molar-refractivity contribution in [3.05, 3.63) is 35.4 Å². The van der Waals surface area contributed by atoms with Gasteiger partial charge in [-0.2, -0.15) is 0 Å². The average Bonchev–Trinajstić information content (AvgIpc) is 2.10. The van der Waals surface area contributed by atoms with Gasteiger partial charge in [-0.1, -0.05) is 31.2 Å². The Bertz CT molecular complexity index is 239. The summed E-state index contributed by atoms with van der Waals surface area (Å²) >= 11 is 0. The average molecular weight is 163 g/mol. The largest absolute Gasteiger partial charge is 0.330 e. The van der Waals surface area contributed by atoms with Crippen molar-refractivity contribution < 1.29 is 0 Å². The van der Waals surface area contributed by atoms with Gasteiger partial charge in [0, 0.05) is 0 Å². The molecule has 0 aliphatic rings. The van der Waals surface area contributed by atoms with Gasteiger partial charge < -0.3 is 5.73 Å². The third-order valence-corrected chi connectivity index (χ3v) is 2.41. The molecule has 1 atom stereocenters. The summed E-state index contributed by atoms with van der Waals surface area (Å²) in [6.07, 6.45) is 1.13. The second-order valence-corrected chi connectivity index (χ2v) is 3.20. The van der Waals surface area contributed by atoms with Gasteiger partial charge >= 0.3 is 0 Å². The highest BCUT2D eigenvalue weighted by atomic mass is 14.5. The molecule has 0 radical (unpaired) electrons. The summed E-state index contributed by atoms with van der Waals surface area (Å²) in [4.78, 5) is 0. The van der Waals surface area contributed by atoms with Gasteiger partial charge in [-0.25, -0.2) is 0 Å². The SMILES string of the molecule is CC[C@@H](CN)c1ccccc1C. The van der Waals surface area contributed by atoms with Crippen LogP contribution in [0.4, 0.5) is 0 Å². The summed E-state index contributed by atoms with van der Waals surface area (Å²) < 4.78 is 0. The molecule has 0 aromatic heterocycles. The first-order valence-corrected chi connectivity index (χ1v) is 4.55. The smallest absolute Gasteiger partial charge is 0.000824 e. The third-order valence-electron chi connectivity index (χ3n) is 2.41. The van der Waals surface area contributed by atoms with Crippen LogP contribution in [0, 0.1) is 6.92 Å². The van der Waals surface area contributed by atoms with E-state index in [1.165, 1.54) is 11.1 Å². The summed E-state index contributed by atoms with van der Waals surface area (Å²) in [5.74, 6) is 0.534. The molecule has 1 aromatic rings. The van der Waals surface area contributed by atoms with Gasteiger partial charge in [0.1, 0.15) is 0 Å². The standard InChI is InChI=1S/C11H17N/c1-3-10(8-12)11-7-5-4-6-9(11)2/h4-7,10H,3,8,12H2,1-2H3/t10-/m0/s1. The zero-order valence-corrected chi connectivity index (χ0v) is 7.88. The minimum atomic E-state index is 0.534. The van der Waals surface area contributed by atoms with Gasteiger partial charge in [0.15, 0.2) is 0 Å². The van der Waals surface area contributed by atoms with Crippen molar-refractivity contribution in [1.29, 1.82) is 0 Å². The first-order chi connectivity index (χ1) is 5.79. The van der Waals surface area contributed by atoms with E-state index in [0.29, 0.717) is 5.92 Å². The normalized spacial score (nSPS) is 12.9. The van der Waals surface area contributed by atoms with Crippen LogP contribution >= 0.6 is 0 Å². The van der Waals surface area contributed by atoms with E-state index in [4.69, 9.17) is 5.73 Å². The van der Waals surface area contributed by atoms with Crippen molar-refractivity contribution in [3.8, 4) is 0 Å².